The molecule has 0 aliphatic heterocycles. The summed E-state index contributed by atoms with van der Waals surface area (Å²) in [5, 5.41) is 18.2. The minimum atomic E-state index is 0.334. The fourth-order valence-corrected chi connectivity index (χ4v) is 3.32. The van der Waals surface area contributed by atoms with E-state index in [0.29, 0.717) is 44.3 Å². The molecular weight excluding hydrogens is 385 g/mol. The first-order valence-electron chi connectivity index (χ1n) is 7.86. The summed E-state index contributed by atoms with van der Waals surface area (Å²) >= 11 is 12.6. The van der Waals surface area contributed by atoms with Crippen LogP contribution >= 0.6 is 23.2 Å². The summed E-state index contributed by atoms with van der Waals surface area (Å²) in [5.41, 5.74) is 1.58. The maximum Gasteiger partial charge on any atom is 0.142 e. The molecule has 0 spiro atoms. The number of halogens is 2. The summed E-state index contributed by atoms with van der Waals surface area (Å²) < 4.78 is 1.58. The highest BCUT2D eigenvalue weighted by molar-refractivity contribution is 6.38. The van der Waals surface area contributed by atoms with Crippen molar-refractivity contribution < 1.29 is 0 Å². The van der Waals surface area contributed by atoms with Gasteiger partial charge in [-0.25, -0.2) is 19.6 Å². The molecule has 0 saturated carbocycles. The standard InChI is InChI=1S/C18H11Cl2N7/c1-10-22-5-3-16(24-10)25-18-12-9-27(26-15(12)2-4-23-18)17-13(19)6-11(8-21)7-14(17)20/h2-7,9H,1H3,(H,22,23,24,25). The topological polar surface area (TPSA) is 92.3 Å². The Kier molecular flexibility index (Phi) is 4.36. The first-order chi connectivity index (χ1) is 13.0. The Hall–Kier alpha value is -3.21. The number of pyridine rings is 1. The molecule has 0 radical (unpaired) electrons. The maximum absolute atomic E-state index is 9.04. The van der Waals surface area contributed by atoms with Gasteiger partial charge in [0.1, 0.15) is 23.1 Å². The molecule has 0 bridgehead atoms. The predicted octanol–water partition coefficient (Wildman–Crippen LogP) is 4.44. The second-order valence-electron chi connectivity index (χ2n) is 5.68. The number of rotatable bonds is 3. The van der Waals surface area contributed by atoms with Gasteiger partial charge in [0, 0.05) is 18.6 Å². The lowest BCUT2D eigenvalue weighted by atomic mass is 10.2. The van der Waals surface area contributed by atoms with Gasteiger partial charge in [0.15, 0.2) is 0 Å². The van der Waals surface area contributed by atoms with Crippen LogP contribution < -0.4 is 5.32 Å². The summed E-state index contributed by atoms with van der Waals surface area (Å²) in [6, 6.07) is 8.67. The van der Waals surface area contributed by atoms with Crippen LogP contribution in [-0.2, 0) is 0 Å². The van der Waals surface area contributed by atoms with E-state index in [-0.39, 0.29) is 0 Å². The van der Waals surface area contributed by atoms with Crippen molar-refractivity contribution in [1.82, 2.24) is 24.7 Å². The monoisotopic (exact) mass is 395 g/mol. The zero-order valence-electron chi connectivity index (χ0n) is 14.0. The fourth-order valence-electron chi connectivity index (χ4n) is 2.65. The van der Waals surface area contributed by atoms with E-state index in [0.717, 1.165) is 5.39 Å². The molecule has 0 aliphatic rings. The minimum absolute atomic E-state index is 0.334. The van der Waals surface area contributed by atoms with Gasteiger partial charge in [0.2, 0.25) is 0 Å². The predicted molar refractivity (Wildman–Crippen MR) is 104 cm³/mol. The number of nitriles is 1. The molecule has 1 N–H and O–H groups in total. The van der Waals surface area contributed by atoms with Crippen LogP contribution in [0, 0.1) is 18.3 Å². The normalized spacial score (nSPS) is 10.7. The number of hydrogen-bond donors (Lipinski definition) is 1. The third-order valence-corrected chi connectivity index (χ3v) is 4.41. The number of aromatic nitrogens is 5. The van der Waals surface area contributed by atoms with Gasteiger partial charge in [-0.05, 0) is 31.2 Å². The van der Waals surface area contributed by atoms with E-state index in [9.17, 15) is 0 Å². The lowest BCUT2D eigenvalue weighted by molar-refractivity contribution is 0.896. The van der Waals surface area contributed by atoms with Gasteiger partial charge in [-0.1, -0.05) is 23.2 Å². The molecule has 0 amide bonds. The number of anilines is 2. The Morgan fingerprint density at radius 1 is 1.11 bits per heavy atom. The Bertz CT molecular complexity index is 1190. The number of nitrogens with zero attached hydrogens (tertiary/aromatic N) is 6. The van der Waals surface area contributed by atoms with Crippen LogP contribution in [0.15, 0.2) is 42.9 Å². The van der Waals surface area contributed by atoms with Crippen molar-refractivity contribution in [3.05, 3.63) is 64.3 Å². The number of fused-ring (bicyclic) bond motifs is 1. The highest BCUT2D eigenvalue weighted by Crippen LogP contribution is 2.32. The first-order valence-corrected chi connectivity index (χ1v) is 8.61. The van der Waals surface area contributed by atoms with E-state index < -0.39 is 0 Å². The third-order valence-electron chi connectivity index (χ3n) is 3.83. The van der Waals surface area contributed by atoms with Gasteiger partial charge in [0.25, 0.3) is 0 Å². The van der Waals surface area contributed by atoms with E-state index in [1.807, 2.05) is 13.0 Å². The summed E-state index contributed by atoms with van der Waals surface area (Å²) in [5.74, 6) is 1.88. The molecule has 3 aromatic heterocycles. The molecule has 7 nitrogen and oxygen atoms in total. The van der Waals surface area contributed by atoms with Gasteiger partial charge in [0.05, 0.1) is 32.6 Å². The van der Waals surface area contributed by atoms with Gasteiger partial charge in [-0.2, -0.15) is 10.4 Å². The van der Waals surface area contributed by atoms with Gasteiger partial charge in [-0.15, -0.1) is 0 Å². The smallest absolute Gasteiger partial charge is 0.142 e. The summed E-state index contributed by atoms with van der Waals surface area (Å²) in [7, 11) is 0. The van der Waals surface area contributed by atoms with E-state index in [4.69, 9.17) is 28.5 Å². The fraction of sp³-hybridized carbons (Fsp3) is 0.0556. The van der Waals surface area contributed by atoms with Gasteiger partial charge >= 0.3 is 0 Å². The largest absolute Gasteiger partial charge is 0.324 e. The number of benzene rings is 1. The molecule has 0 saturated heterocycles. The van der Waals surface area contributed by atoms with Crippen molar-refractivity contribution in [3.63, 3.8) is 0 Å². The Morgan fingerprint density at radius 2 is 1.85 bits per heavy atom. The minimum Gasteiger partial charge on any atom is -0.324 e. The molecule has 4 aromatic rings. The van der Waals surface area contributed by atoms with Crippen LogP contribution in [0.1, 0.15) is 11.4 Å². The molecule has 0 aliphatic carbocycles. The van der Waals surface area contributed by atoms with E-state index in [1.54, 1.807) is 47.5 Å². The molecule has 3 heterocycles. The van der Waals surface area contributed by atoms with Crippen LogP contribution in [-0.4, -0.2) is 24.7 Å². The molecule has 0 unspecified atom stereocenters. The SMILES string of the molecule is Cc1nccc(Nc2nccc3nn(-c4c(Cl)cc(C#N)cc4Cl)cc23)n1. The Morgan fingerprint density at radius 3 is 2.56 bits per heavy atom. The molecular formula is C18H11Cl2N7. The van der Waals surface area contributed by atoms with Crippen molar-refractivity contribution in [2.24, 2.45) is 0 Å². The number of nitrogens with one attached hydrogen (secondary N) is 1. The summed E-state index contributed by atoms with van der Waals surface area (Å²) in [4.78, 5) is 12.8. The molecule has 1 aromatic carbocycles. The second-order valence-corrected chi connectivity index (χ2v) is 6.49. The average Bonchev–Trinajstić information content (AvgIpc) is 3.05. The zero-order valence-corrected chi connectivity index (χ0v) is 15.5. The average molecular weight is 396 g/mol. The second kappa shape index (κ2) is 6.83. The maximum atomic E-state index is 9.04. The molecule has 27 heavy (non-hydrogen) atoms. The molecule has 0 fully saturated rings. The molecule has 0 atom stereocenters. The zero-order chi connectivity index (χ0) is 19.0. The first kappa shape index (κ1) is 17.2. The van der Waals surface area contributed by atoms with Crippen LogP contribution in [0.25, 0.3) is 16.6 Å². The van der Waals surface area contributed by atoms with Crippen molar-refractivity contribution >= 4 is 45.7 Å². The van der Waals surface area contributed by atoms with E-state index in [2.05, 4.69) is 25.4 Å². The van der Waals surface area contributed by atoms with Crippen LogP contribution in [0.2, 0.25) is 10.0 Å². The lowest BCUT2D eigenvalue weighted by Gasteiger charge is -2.07. The Balaban J connectivity index is 1.81. The van der Waals surface area contributed by atoms with Crippen molar-refractivity contribution in [1.29, 1.82) is 5.26 Å². The highest BCUT2D eigenvalue weighted by atomic mass is 35.5. The van der Waals surface area contributed by atoms with Crippen LogP contribution in [0.3, 0.4) is 0 Å². The lowest BCUT2D eigenvalue weighted by Crippen LogP contribution is -1.98. The van der Waals surface area contributed by atoms with Crippen LogP contribution in [0.4, 0.5) is 11.6 Å². The number of aryl methyl sites for hydroxylation is 1. The molecule has 132 valence electrons. The van der Waals surface area contributed by atoms with Gasteiger partial charge in [-0.3, -0.25) is 0 Å². The van der Waals surface area contributed by atoms with E-state index >= 15 is 0 Å². The highest BCUT2D eigenvalue weighted by Gasteiger charge is 2.15. The molecule has 4 rings (SSSR count). The Labute approximate surface area is 164 Å². The van der Waals surface area contributed by atoms with Crippen LogP contribution in [0.5, 0.6) is 0 Å². The number of hydrogen-bond acceptors (Lipinski definition) is 6. The summed E-state index contributed by atoms with van der Waals surface area (Å²) in [6.07, 6.45) is 5.10. The summed E-state index contributed by atoms with van der Waals surface area (Å²) in [6.45, 7) is 1.81. The van der Waals surface area contributed by atoms with Crippen molar-refractivity contribution in [3.8, 4) is 11.8 Å². The quantitative estimate of drug-likeness (QED) is 0.550. The molecule has 9 heteroatoms. The van der Waals surface area contributed by atoms with Crippen molar-refractivity contribution in [2.45, 2.75) is 6.92 Å². The van der Waals surface area contributed by atoms with E-state index in [1.165, 1.54) is 0 Å². The van der Waals surface area contributed by atoms with Crippen molar-refractivity contribution in [2.75, 3.05) is 5.32 Å². The van der Waals surface area contributed by atoms with Gasteiger partial charge < -0.3 is 5.32 Å². The third kappa shape index (κ3) is 3.28.